The standard InChI is InChI=1S/C13H16N4O/c1-13(2,8-15)17-11-4-3-9(6-14)5-10(11)16-7-12(17)18/h3-5,16H,7-8,15H2,1-2H3. The summed E-state index contributed by atoms with van der Waals surface area (Å²) < 4.78 is 0. The largest absolute Gasteiger partial charge is 0.374 e. The zero-order valence-electron chi connectivity index (χ0n) is 10.5. The fourth-order valence-corrected chi connectivity index (χ4v) is 2.08. The average molecular weight is 244 g/mol. The van der Waals surface area contributed by atoms with E-state index in [0.29, 0.717) is 12.1 Å². The van der Waals surface area contributed by atoms with E-state index in [0.717, 1.165) is 11.4 Å². The molecule has 0 spiro atoms. The maximum absolute atomic E-state index is 12.1. The Labute approximate surface area is 106 Å². The number of amides is 1. The Hall–Kier alpha value is -2.06. The fourth-order valence-electron chi connectivity index (χ4n) is 2.08. The van der Waals surface area contributed by atoms with E-state index >= 15 is 0 Å². The highest BCUT2D eigenvalue weighted by molar-refractivity contribution is 6.03. The van der Waals surface area contributed by atoms with Gasteiger partial charge in [0, 0.05) is 6.54 Å². The molecule has 0 aromatic heterocycles. The molecule has 1 aromatic carbocycles. The van der Waals surface area contributed by atoms with Crippen molar-refractivity contribution in [3.63, 3.8) is 0 Å². The highest BCUT2D eigenvalue weighted by Gasteiger charge is 2.34. The number of fused-ring (bicyclic) bond motifs is 1. The van der Waals surface area contributed by atoms with Crippen LogP contribution in [0.25, 0.3) is 0 Å². The van der Waals surface area contributed by atoms with Gasteiger partial charge in [-0.2, -0.15) is 5.26 Å². The first-order valence-electron chi connectivity index (χ1n) is 5.81. The maximum Gasteiger partial charge on any atom is 0.246 e. The lowest BCUT2D eigenvalue weighted by Gasteiger charge is -2.41. The van der Waals surface area contributed by atoms with Crippen LogP contribution in [0.3, 0.4) is 0 Å². The minimum Gasteiger partial charge on any atom is -0.374 e. The van der Waals surface area contributed by atoms with Gasteiger partial charge in [-0.3, -0.25) is 4.79 Å². The molecular weight excluding hydrogens is 228 g/mol. The van der Waals surface area contributed by atoms with E-state index in [1.807, 2.05) is 13.8 Å². The monoisotopic (exact) mass is 244 g/mol. The molecule has 0 saturated carbocycles. The second-order valence-electron chi connectivity index (χ2n) is 4.94. The molecule has 3 N–H and O–H groups in total. The van der Waals surface area contributed by atoms with Crippen LogP contribution in [0.2, 0.25) is 0 Å². The molecule has 0 fully saturated rings. The van der Waals surface area contributed by atoms with Crippen molar-refractivity contribution in [2.75, 3.05) is 23.3 Å². The second-order valence-corrected chi connectivity index (χ2v) is 4.94. The molecule has 5 nitrogen and oxygen atoms in total. The first-order chi connectivity index (χ1) is 8.49. The zero-order valence-corrected chi connectivity index (χ0v) is 10.5. The number of benzene rings is 1. The first kappa shape index (κ1) is 12.4. The number of nitrogens with two attached hydrogens (primary N) is 1. The lowest BCUT2D eigenvalue weighted by Crippen LogP contribution is -2.56. The van der Waals surface area contributed by atoms with Crippen LogP contribution in [0.5, 0.6) is 0 Å². The van der Waals surface area contributed by atoms with Crippen LogP contribution in [-0.2, 0) is 4.79 Å². The third kappa shape index (κ3) is 1.91. The number of rotatable bonds is 2. The zero-order chi connectivity index (χ0) is 13.3. The third-order valence-corrected chi connectivity index (χ3v) is 3.15. The summed E-state index contributed by atoms with van der Waals surface area (Å²) in [6, 6.07) is 7.33. The van der Waals surface area contributed by atoms with Crippen LogP contribution < -0.4 is 16.0 Å². The number of hydrogen-bond acceptors (Lipinski definition) is 4. The van der Waals surface area contributed by atoms with E-state index in [1.165, 1.54) is 0 Å². The second kappa shape index (κ2) is 4.31. The molecule has 0 unspecified atom stereocenters. The number of carbonyl (C=O) groups excluding carboxylic acids is 1. The van der Waals surface area contributed by atoms with Crippen molar-refractivity contribution < 1.29 is 4.79 Å². The molecule has 1 aliphatic rings. The number of nitrogens with one attached hydrogen (secondary N) is 1. The Morgan fingerprint density at radius 1 is 1.56 bits per heavy atom. The van der Waals surface area contributed by atoms with Crippen molar-refractivity contribution in [3.8, 4) is 6.07 Å². The number of anilines is 2. The summed E-state index contributed by atoms with van der Waals surface area (Å²) in [6.45, 7) is 4.46. The van der Waals surface area contributed by atoms with Gasteiger partial charge < -0.3 is 16.0 Å². The summed E-state index contributed by atoms with van der Waals surface area (Å²) in [5.74, 6) is -0.0114. The molecule has 1 heterocycles. The van der Waals surface area contributed by atoms with Crippen molar-refractivity contribution in [2.24, 2.45) is 5.73 Å². The minimum atomic E-state index is -0.442. The predicted octanol–water partition coefficient (Wildman–Crippen LogP) is 1.05. The van der Waals surface area contributed by atoms with Gasteiger partial charge in [0.25, 0.3) is 0 Å². The number of carbonyl (C=O) groups is 1. The van der Waals surface area contributed by atoms with Gasteiger partial charge in [-0.05, 0) is 32.0 Å². The van der Waals surface area contributed by atoms with Crippen LogP contribution in [-0.4, -0.2) is 24.5 Å². The normalized spacial score (nSPS) is 14.8. The molecular formula is C13H16N4O. The van der Waals surface area contributed by atoms with E-state index in [2.05, 4.69) is 11.4 Å². The summed E-state index contributed by atoms with van der Waals surface area (Å²) in [5.41, 5.74) is 7.45. The van der Waals surface area contributed by atoms with Crippen molar-refractivity contribution >= 4 is 17.3 Å². The number of nitrogens with zero attached hydrogens (tertiary/aromatic N) is 2. The number of nitriles is 1. The molecule has 1 aromatic rings. The van der Waals surface area contributed by atoms with E-state index < -0.39 is 5.54 Å². The summed E-state index contributed by atoms with van der Waals surface area (Å²) in [7, 11) is 0. The summed E-state index contributed by atoms with van der Waals surface area (Å²) in [6.07, 6.45) is 0. The van der Waals surface area contributed by atoms with E-state index in [4.69, 9.17) is 11.0 Å². The Morgan fingerprint density at radius 2 is 2.28 bits per heavy atom. The predicted molar refractivity (Wildman–Crippen MR) is 70.3 cm³/mol. The quantitative estimate of drug-likeness (QED) is 0.814. The minimum absolute atomic E-state index is 0.0114. The van der Waals surface area contributed by atoms with Gasteiger partial charge in [-0.15, -0.1) is 0 Å². The van der Waals surface area contributed by atoms with Gasteiger partial charge in [-0.25, -0.2) is 0 Å². The van der Waals surface area contributed by atoms with Crippen molar-refractivity contribution in [3.05, 3.63) is 23.8 Å². The van der Waals surface area contributed by atoms with Gasteiger partial charge in [0.2, 0.25) is 5.91 Å². The van der Waals surface area contributed by atoms with Crippen LogP contribution in [0.4, 0.5) is 11.4 Å². The fraction of sp³-hybridized carbons (Fsp3) is 0.385. The topological polar surface area (TPSA) is 82.2 Å². The van der Waals surface area contributed by atoms with E-state index in [-0.39, 0.29) is 12.5 Å². The van der Waals surface area contributed by atoms with Crippen molar-refractivity contribution in [1.82, 2.24) is 0 Å². The van der Waals surface area contributed by atoms with Crippen molar-refractivity contribution in [2.45, 2.75) is 19.4 Å². The van der Waals surface area contributed by atoms with E-state index in [1.54, 1.807) is 23.1 Å². The molecule has 5 heteroatoms. The Morgan fingerprint density at radius 3 is 2.89 bits per heavy atom. The molecule has 18 heavy (non-hydrogen) atoms. The molecule has 1 aliphatic heterocycles. The highest BCUT2D eigenvalue weighted by Crippen LogP contribution is 2.34. The average Bonchev–Trinajstić information content (AvgIpc) is 2.37. The van der Waals surface area contributed by atoms with Crippen LogP contribution in [0.1, 0.15) is 19.4 Å². The lowest BCUT2D eigenvalue weighted by molar-refractivity contribution is -0.118. The Kier molecular flexibility index (Phi) is 2.97. The smallest absolute Gasteiger partial charge is 0.246 e. The first-order valence-corrected chi connectivity index (χ1v) is 5.81. The Balaban J connectivity index is 2.52. The Bertz CT molecular complexity index is 530. The summed E-state index contributed by atoms with van der Waals surface area (Å²) in [5, 5.41) is 11.9. The number of hydrogen-bond donors (Lipinski definition) is 2. The van der Waals surface area contributed by atoms with Gasteiger partial charge >= 0.3 is 0 Å². The molecule has 2 rings (SSSR count). The summed E-state index contributed by atoms with van der Waals surface area (Å²) in [4.78, 5) is 13.8. The van der Waals surface area contributed by atoms with Gasteiger partial charge in [0.15, 0.2) is 0 Å². The molecule has 0 bridgehead atoms. The molecule has 0 atom stereocenters. The molecule has 1 amide bonds. The van der Waals surface area contributed by atoms with Crippen LogP contribution in [0, 0.1) is 11.3 Å². The molecule has 0 saturated heterocycles. The van der Waals surface area contributed by atoms with Gasteiger partial charge in [0.05, 0.1) is 35.1 Å². The highest BCUT2D eigenvalue weighted by atomic mass is 16.2. The van der Waals surface area contributed by atoms with E-state index in [9.17, 15) is 4.79 Å². The van der Waals surface area contributed by atoms with Gasteiger partial charge in [0.1, 0.15) is 0 Å². The molecule has 0 aliphatic carbocycles. The lowest BCUT2D eigenvalue weighted by atomic mass is 9.99. The third-order valence-electron chi connectivity index (χ3n) is 3.15. The molecule has 94 valence electrons. The maximum atomic E-state index is 12.1. The van der Waals surface area contributed by atoms with Gasteiger partial charge in [-0.1, -0.05) is 0 Å². The summed E-state index contributed by atoms with van der Waals surface area (Å²) >= 11 is 0. The molecule has 0 radical (unpaired) electrons. The van der Waals surface area contributed by atoms with Crippen molar-refractivity contribution in [1.29, 1.82) is 5.26 Å². The van der Waals surface area contributed by atoms with Crippen LogP contribution >= 0.6 is 0 Å². The SMILES string of the molecule is CC(C)(CN)N1C(=O)CNc2cc(C#N)ccc21. The van der Waals surface area contributed by atoms with Crippen LogP contribution in [0.15, 0.2) is 18.2 Å².